The first-order valence-electron chi connectivity index (χ1n) is 11.8. The summed E-state index contributed by atoms with van der Waals surface area (Å²) in [6.45, 7) is 4.64. The monoisotopic (exact) mass is 514 g/mol. The third kappa shape index (κ3) is 4.51. The van der Waals surface area contributed by atoms with Crippen LogP contribution in [-0.2, 0) is 6.54 Å². The molecule has 10 heteroatoms. The standard InChI is InChI=1S/C27H26N6O3S/c1-17-13-21(18(2)32(17)23-10-9-20(33(34)35)14-24(23)36-3)26-25(22-8-4-5-12-29-22)30-27(37)31(26)16-19-7-6-11-28-15-19/h4-15,25-26H,16H2,1-3H3,(H,30,37)/t25-,26+/m0/s1. The Hall–Kier alpha value is -4.31. The van der Waals surface area contributed by atoms with E-state index < -0.39 is 4.92 Å². The predicted octanol–water partition coefficient (Wildman–Crippen LogP) is 4.97. The fraction of sp³-hybridized carbons (Fsp3) is 0.222. The van der Waals surface area contributed by atoms with Crippen LogP contribution in [0.3, 0.4) is 0 Å². The van der Waals surface area contributed by atoms with E-state index in [9.17, 15) is 10.1 Å². The third-order valence-corrected chi connectivity index (χ3v) is 7.03. The van der Waals surface area contributed by atoms with E-state index in [1.165, 1.54) is 19.2 Å². The number of methoxy groups -OCH3 is 1. The summed E-state index contributed by atoms with van der Waals surface area (Å²) >= 11 is 5.82. The van der Waals surface area contributed by atoms with Gasteiger partial charge in [-0.15, -0.1) is 0 Å². The topological polar surface area (TPSA) is 98.3 Å². The minimum Gasteiger partial charge on any atom is -0.494 e. The number of nitrogens with zero attached hydrogens (tertiary/aromatic N) is 5. The van der Waals surface area contributed by atoms with Crippen molar-refractivity contribution in [3.63, 3.8) is 0 Å². The molecule has 1 aliphatic rings. The maximum Gasteiger partial charge on any atom is 0.273 e. The Morgan fingerprint density at radius 1 is 1.14 bits per heavy atom. The molecule has 188 valence electrons. The summed E-state index contributed by atoms with van der Waals surface area (Å²) in [5.74, 6) is 0.427. The van der Waals surface area contributed by atoms with Crippen molar-refractivity contribution in [3.8, 4) is 11.4 Å². The number of hydrogen-bond acceptors (Lipinski definition) is 6. The van der Waals surface area contributed by atoms with Crippen LogP contribution in [0.25, 0.3) is 5.69 Å². The molecule has 0 saturated carbocycles. The van der Waals surface area contributed by atoms with Gasteiger partial charge in [0, 0.05) is 42.6 Å². The second-order valence-electron chi connectivity index (χ2n) is 8.89. The molecule has 4 heterocycles. The molecule has 1 fully saturated rings. The number of aryl methyl sites for hydroxylation is 1. The van der Waals surface area contributed by atoms with Gasteiger partial charge in [-0.3, -0.25) is 20.1 Å². The average Bonchev–Trinajstić information content (AvgIpc) is 3.39. The van der Waals surface area contributed by atoms with Crippen molar-refractivity contribution in [1.29, 1.82) is 0 Å². The molecule has 4 aromatic rings. The highest BCUT2D eigenvalue weighted by Crippen LogP contribution is 2.43. The number of pyridine rings is 2. The molecule has 0 unspecified atom stereocenters. The van der Waals surface area contributed by atoms with Crippen LogP contribution in [0.15, 0.2) is 73.2 Å². The minimum absolute atomic E-state index is 0.0218. The van der Waals surface area contributed by atoms with E-state index in [-0.39, 0.29) is 17.8 Å². The van der Waals surface area contributed by atoms with E-state index in [1.54, 1.807) is 18.5 Å². The number of hydrogen-bond donors (Lipinski definition) is 1. The molecule has 1 aliphatic heterocycles. The second kappa shape index (κ2) is 9.98. The third-order valence-electron chi connectivity index (χ3n) is 6.68. The van der Waals surface area contributed by atoms with E-state index in [0.29, 0.717) is 17.4 Å². The van der Waals surface area contributed by atoms with E-state index in [1.807, 2.05) is 50.4 Å². The molecular weight excluding hydrogens is 488 g/mol. The Morgan fingerprint density at radius 2 is 1.97 bits per heavy atom. The first kappa shape index (κ1) is 24.4. The lowest BCUT2D eigenvalue weighted by molar-refractivity contribution is -0.384. The summed E-state index contributed by atoms with van der Waals surface area (Å²) < 4.78 is 7.62. The molecular formula is C27H26N6O3S. The Balaban J connectivity index is 1.63. The molecule has 1 saturated heterocycles. The summed E-state index contributed by atoms with van der Waals surface area (Å²) in [6.07, 6.45) is 5.38. The van der Waals surface area contributed by atoms with Crippen LogP contribution in [0.5, 0.6) is 5.75 Å². The van der Waals surface area contributed by atoms with E-state index >= 15 is 0 Å². The van der Waals surface area contributed by atoms with Gasteiger partial charge in [-0.1, -0.05) is 12.1 Å². The Labute approximate surface area is 219 Å². The fourth-order valence-corrected chi connectivity index (χ4v) is 5.33. The van der Waals surface area contributed by atoms with E-state index in [2.05, 4.69) is 30.8 Å². The van der Waals surface area contributed by atoms with Gasteiger partial charge in [0.2, 0.25) is 0 Å². The molecule has 37 heavy (non-hydrogen) atoms. The number of thiocarbonyl (C=S) groups is 1. The molecule has 9 nitrogen and oxygen atoms in total. The number of nitro groups is 1. The van der Waals surface area contributed by atoms with Crippen LogP contribution in [0, 0.1) is 24.0 Å². The van der Waals surface area contributed by atoms with Crippen molar-refractivity contribution in [2.24, 2.45) is 0 Å². The molecule has 0 spiro atoms. The summed E-state index contributed by atoms with van der Waals surface area (Å²) in [5.41, 5.74) is 5.68. The Bertz CT molecular complexity index is 1460. The molecule has 1 aromatic carbocycles. The second-order valence-corrected chi connectivity index (χ2v) is 9.28. The van der Waals surface area contributed by atoms with Crippen molar-refractivity contribution in [2.45, 2.75) is 32.5 Å². The van der Waals surface area contributed by atoms with Gasteiger partial charge >= 0.3 is 0 Å². The number of benzene rings is 1. The minimum atomic E-state index is -0.425. The van der Waals surface area contributed by atoms with Gasteiger partial charge in [-0.05, 0) is 67.5 Å². The maximum atomic E-state index is 11.3. The maximum absolute atomic E-state index is 11.3. The lowest BCUT2D eigenvalue weighted by Crippen LogP contribution is -2.29. The quantitative estimate of drug-likeness (QED) is 0.210. The highest BCUT2D eigenvalue weighted by Gasteiger charge is 2.41. The zero-order chi connectivity index (χ0) is 26.1. The molecule has 1 N–H and O–H groups in total. The van der Waals surface area contributed by atoms with E-state index in [4.69, 9.17) is 17.0 Å². The predicted molar refractivity (Wildman–Crippen MR) is 144 cm³/mol. The molecule has 0 amide bonds. The summed E-state index contributed by atoms with van der Waals surface area (Å²) in [7, 11) is 1.52. The fourth-order valence-electron chi connectivity index (χ4n) is 5.03. The number of rotatable bonds is 7. The lowest BCUT2D eigenvalue weighted by Gasteiger charge is -2.28. The zero-order valence-corrected chi connectivity index (χ0v) is 21.5. The van der Waals surface area contributed by atoms with Crippen LogP contribution in [0.2, 0.25) is 0 Å². The Kier molecular flexibility index (Phi) is 6.58. The molecule has 2 atom stereocenters. The molecule has 3 aromatic heterocycles. The smallest absolute Gasteiger partial charge is 0.273 e. The van der Waals surface area contributed by atoms with Gasteiger partial charge in [0.25, 0.3) is 5.69 Å². The first-order chi connectivity index (χ1) is 17.9. The normalized spacial score (nSPS) is 17.1. The lowest BCUT2D eigenvalue weighted by atomic mass is 9.96. The number of aromatic nitrogens is 3. The zero-order valence-electron chi connectivity index (χ0n) is 20.7. The van der Waals surface area contributed by atoms with Gasteiger partial charge in [0.05, 0.1) is 41.6 Å². The van der Waals surface area contributed by atoms with Gasteiger partial charge < -0.3 is 19.5 Å². The van der Waals surface area contributed by atoms with E-state index in [0.717, 1.165) is 33.9 Å². The van der Waals surface area contributed by atoms with Crippen molar-refractivity contribution in [1.82, 2.24) is 24.8 Å². The van der Waals surface area contributed by atoms with Crippen LogP contribution in [-0.4, -0.2) is 36.6 Å². The molecule has 0 bridgehead atoms. The molecule has 5 rings (SSSR count). The summed E-state index contributed by atoms with van der Waals surface area (Å²) in [4.78, 5) is 22.0. The number of nitro benzene ring substituents is 1. The van der Waals surface area contributed by atoms with Gasteiger partial charge in [0.1, 0.15) is 5.75 Å². The van der Waals surface area contributed by atoms with Crippen molar-refractivity contribution >= 4 is 23.0 Å². The summed E-state index contributed by atoms with van der Waals surface area (Å²) in [6, 6.07) is 16.3. The van der Waals surface area contributed by atoms with Crippen molar-refractivity contribution in [2.75, 3.05) is 7.11 Å². The number of ether oxygens (including phenoxy) is 1. The van der Waals surface area contributed by atoms with Crippen molar-refractivity contribution < 1.29 is 9.66 Å². The largest absolute Gasteiger partial charge is 0.494 e. The number of non-ortho nitro benzene ring substituents is 1. The van der Waals surface area contributed by atoms with Gasteiger partial charge in [-0.25, -0.2) is 0 Å². The van der Waals surface area contributed by atoms with Crippen molar-refractivity contribution in [3.05, 3.63) is 112 Å². The first-order valence-corrected chi connectivity index (χ1v) is 12.2. The van der Waals surface area contributed by atoms with Gasteiger partial charge in [0.15, 0.2) is 5.11 Å². The average molecular weight is 515 g/mol. The van der Waals surface area contributed by atoms with Gasteiger partial charge in [-0.2, -0.15) is 0 Å². The Morgan fingerprint density at radius 3 is 2.65 bits per heavy atom. The summed E-state index contributed by atoms with van der Waals surface area (Å²) in [5, 5.41) is 15.5. The molecule has 0 aliphatic carbocycles. The van der Waals surface area contributed by atoms with Crippen LogP contribution in [0.1, 0.15) is 40.3 Å². The highest BCUT2D eigenvalue weighted by molar-refractivity contribution is 7.80. The van der Waals surface area contributed by atoms with Crippen LogP contribution in [0.4, 0.5) is 5.69 Å². The van der Waals surface area contributed by atoms with Crippen LogP contribution >= 0.6 is 12.2 Å². The number of nitrogens with one attached hydrogen (secondary N) is 1. The molecule has 0 radical (unpaired) electrons. The highest BCUT2D eigenvalue weighted by atomic mass is 32.1. The SMILES string of the molecule is COc1cc([N+](=O)[O-])ccc1-n1c(C)cc([C@@H]2[C@H](c3ccccn3)NC(=S)N2Cc2cccnc2)c1C. The van der Waals surface area contributed by atoms with Crippen LogP contribution < -0.4 is 10.1 Å².